The van der Waals surface area contributed by atoms with E-state index >= 15 is 0 Å². The van der Waals surface area contributed by atoms with Crippen molar-refractivity contribution in [3.05, 3.63) is 57.5 Å². The molecule has 1 heterocycles. The minimum absolute atomic E-state index is 0.173. The van der Waals surface area contributed by atoms with Gasteiger partial charge >= 0.3 is 0 Å². The lowest BCUT2D eigenvalue weighted by Crippen LogP contribution is -2.16. The van der Waals surface area contributed by atoms with E-state index in [9.17, 15) is 0 Å². The van der Waals surface area contributed by atoms with Gasteiger partial charge in [0.25, 0.3) is 0 Å². The smallest absolute Gasteiger partial charge is 0.119 e. The zero-order chi connectivity index (χ0) is 18.7. The lowest BCUT2D eigenvalue weighted by molar-refractivity contribution is -0.492. The third-order valence-electron chi connectivity index (χ3n) is 4.39. The molecule has 0 saturated carbocycles. The van der Waals surface area contributed by atoms with Crippen LogP contribution >= 0.6 is 11.3 Å². The van der Waals surface area contributed by atoms with Gasteiger partial charge in [-0.2, -0.15) is 0 Å². The van der Waals surface area contributed by atoms with Crippen molar-refractivity contribution < 1.29 is 20.0 Å². The number of fused-ring (bicyclic) bond motifs is 1. The summed E-state index contributed by atoms with van der Waals surface area (Å²) in [5.74, 6) is 1.03. The Hall–Kier alpha value is -2.03. The SMILES string of the molecule is COc1ccc2cc(C(C)c3nc(C)c(CCON(O)O)s3)ccc2c1. The molecular weight excluding hydrogens is 352 g/mol. The first-order chi connectivity index (χ1) is 12.5. The summed E-state index contributed by atoms with van der Waals surface area (Å²) < 4.78 is 5.28. The number of benzene rings is 2. The predicted octanol–water partition coefficient (Wildman–Crippen LogP) is 4.32. The minimum atomic E-state index is -0.260. The molecule has 0 radical (unpaired) electrons. The Kier molecular flexibility index (Phi) is 5.85. The van der Waals surface area contributed by atoms with Gasteiger partial charge < -0.3 is 4.74 Å². The average molecular weight is 374 g/mol. The highest BCUT2D eigenvalue weighted by molar-refractivity contribution is 7.11. The quantitative estimate of drug-likeness (QED) is 0.600. The number of hydrogen-bond donors (Lipinski definition) is 2. The van der Waals surface area contributed by atoms with Crippen LogP contribution in [0, 0.1) is 6.92 Å². The second-order valence-corrected chi connectivity index (χ2v) is 7.21. The van der Waals surface area contributed by atoms with Crippen molar-refractivity contribution >= 4 is 22.1 Å². The Morgan fingerprint density at radius 1 is 1.15 bits per heavy atom. The van der Waals surface area contributed by atoms with E-state index in [0.717, 1.165) is 26.7 Å². The van der Waals surface area contributed by atoms with Crippen molar-refractivity contribution in [2.24, 2.45) is 0 Å². The minimum Gasteiger partial charge on any atom is -0.497 e. The van der Waals surface area contributed by atoms with Gasteiger partial charge in [-0.3, -0.25) is 15.3 Å². The number of nitrogens with zero attached hydrogens (tertiary/aromatic N) is 2. The van der Waals surface area contributed by atoms with Crippen LogP contribution in [0.4, 0.5) is 0 Å². The summed E-state index contributed by atoms with van der Waals surface area (Å²) in [5.41, 5.74) is 2.16. The van der Waals surface area contributed by atoms with Crippen LogP contribution < -0.4 is 4.74 Å². The van der Waals surface area contributed by atoms with Gasteiger partial charge in [0.05, 0.1) is 24.8 Å². The Morgan fingerprint density at radius 3 is 2.62 bits per heavy atom. The molecule has 26 heavy (non-hydrogen) atoms. The molecule has 3 rings (SSSR count). The van der Waals surface area contributed by atoms with Gasteiger partial charge in [0.1, 0.15) is 10.8 Å². The number of thiazole rings is 1. The lowest BCUT2D eigenvalue weighted by Gasteiger charge is -2.11. The molecule has 138 valence electrons. The summed E-state index contributed by atoms with van der Waals surface area (Å²) in [6.45, 7) is 4.29. The van der Waals surface area contributed by atoms with Gasteiger partial charge in [0, 0.05) is 17.2 Å². The first-order valence-corrected chi connectivity index (χ1v) is 9.14. The maximum atomic E-state index is 8.61. The molecule has 3 aromatic rings. The second-order valence-electron chi connectivity index (χ2n) is 6.09. The summed E-state index contributed by atoms with van der Waals surface area (Å²) in [6, 6.07) is 12.5. The van der Waals surface area contributed by atoms with Gasteiger partial charge in [-0.05, 0) is 35.4 Å². The van der Waals surface area contributed by atoms with E-state index in [1.807, 2.05) is 19.1 Å². The van der Waals surface area contributed by atoms with E-state index in [2.05, 4.69) is 36.0 Å². The summed E-state index contributed by atoms with van der Waals surface area (Å²) >= 11 is 1.63. The molecule has 2 N–H and O–H groups in total. The molecule has 0 amide bonds. The second kappa shape index (κ2) is 8.11. The molecule has 1 unspecified atom stereocenters. The Morgan fingerprint density at radius 2 is 1.88 bits per heavy atom. The van der Waals surface area contributed by atoms with Crippen molar-refractivity contribution in [1.82, 2.24) is 10.4 Å². The van der Waals surface area contributed by atoms with E-state index in [1.54, 1.807) is 18.4 Å². The predicted molar refractivity (Wildman–Crippen MR) is 99.9 cm³/mol. The maximum Gasteiger partial charge on any atom is 0.119 e. The highest BCUT2D eigenvalue weighted by atomic mass is 32.1. The van der Waals surface area contributed by atoms with Crippen molar-refractivity contribution in [2.45, 2.75) is 26.2 Å². The lowest BCUT2D eigenvalue weighted by atomic mass is 9.98. The molecule has 6 nitrogen and oxygen atoms in total. The van der Waals surface area contributed by atoms with Crippen molar-refractivity contribution in [1.29, 1.82) is 0 Å². The summed E-state index contributed by atoms with van der Waals surface area (Å²) in [5, 5.41) is 20.3. The molecule has 0 bridgehead atoms. The summed E-state index contributed by atoms with van der Waals surface area (Å²) in [6.07, 6.45) is 0.575. The highest BCUT2D eigenvalue weighted by Gasteiger charge is 2.16. The number of hydrogen-bond acceptors (Lipinski definition) is 7. The van der Waals surface area contributed by atoms with Crippen LogP contribution in [0.25, 0.3) is 10.8 Å². The zero-order valence-electron chi connectivity index (χ0n) is 15.0. The fourth-order valence-corrected chi connectivity index (χ4v) is 4.00. The van der Waals surface area contributed by atoms with Crippen molar-refractivity contribution in [3.8, 4) is 5.75 Å². The summed E-state index contributed by atoms with van der Waals surface area (Å²) in [7, 11) is 1.67. The number of rotatable bonds is 7. The van der Waals surface area contributed by atoms with Gasteiger partial charge in [-0.1, -0.05) is 31.2 Å². The van der Waals surface area contributed by atoms with E-state index in [-0.39, 0.29) is 17.9 Å². The highest BCUT2D eigenvalue weighted by Crippen LogP contribution is 2.32. The average Bonchev–Trinajstić information content (AvgIpc) is 3.00. The number of methoxy groups -OCH3 is 1. The third kappa shape index (κ3) is 4.20. The topological polar surface area (TPSA) is 75.1 Å². The van der Waals surface area contributed by atoms with Crippen LogP contribution in [0.2, 0.25) is 0 Å². The molecule has 0 aliphatic rings. The van der Waals surface area contributed by atoms with Gasteiger partial charge in [-0.15, -0.1) is 11.3 Å². The number of aromatic nitrogens is 1. The fraction of sp³-hybridized carbons (Fsp3) is 0.316. The fourth-order valence-electron chi connectivity index (χ4n) is 2.87. The molecule has 1 atom stereocenters. The van der Waals surface area contributed by atoms with E-state index < -0.39 is 0 Å². The molecule has 7 heteroatoms. The van der Waals surface area contributed by atoms with Crippen LogP contribution in [-0.2, 0) is 11.3 Å². The Balaban J connectivity index is 1.80. The number of aryl methyl sites for hydroxylation is 1. The largest absolute Gasteiger partial charge is 0.497 e. The molecule has 0 aliphatic carbocycles. The molecule has 0 saturated heterocycles. The van der Waals surface area contributed by atoms with E-state index in [1.165, 1.54) is 10.9 Å². The number of ether oxygens (including phenoxy) is 1. The first-order valence-electron chi connectivity index (χ1n) is 8.32. The molecule has 0 fully saturated rings. The summed E-state index contributed by atoms with van der Waals surface area (Å²) in [4.78, 5) is 10.4. The third-order valence-corrected chi connectivity index (χ3v) is 5.79. The van der Waals surface area contributed by atoms with Crippen LogP contribution in [-0.4, -0.2) is 34.5 Å². The Labute approximate surface area is 156 Å². The van der Waals surface area contributed by atoms with Gasteiger partial charge in [0.2, 0.25) is 0 Å². The van der Waals surface area contributed by atoms with E-state index in [0.29, 0.717) is 6.42 Å². The molecular formula is C19H22N2O4S. The Bertz CT molecular complexity index is 894. The van der Waals surface area contributed by atoms with Crippen LogP contribution in [0.15, 0.2) is 36.4 Å². The van der Waals surface area contributed by atoms with Crippen LogP contribution in [0.3, 0.4) is 0 Å². The molecule has 0 aliphatic heterocycles. The molecule has 0 spiro atoms. The first kappa shape index (κ1) is 18.8. The maximum absolute atomic E-state index is 8.61. The van der Waals surface area contributed by atoms with Crippen LogP contribution in [0.1, 0.15) is 34.0 Å². The van der Waals surface area contributed by atoms with Gasteiger partial charge in [0.15, 0.2) is 0 Å². The van der Waals surface area contributed by atoms with Gasteiger partial charge in [-0.25, -0.2) is 4.98 Å². The van der Waals surface area contributed by atoms with Crippen molar-refractivity contribution in [3.63, 3.8) is 0 Å². The van der Waals surface area contributed by atoms with Crippen LogP contribution in [0.5, 0.6) is 5.75 Å². The normalized spacial score (nSPS) is 12.7. The van der Waals surface area contributed by atoms with E-state index in [4.69, 9.17) is 20.1 Å². The molecule has 2 aromatic carbocycles. The zero-order valence-corrected chi connectivity index (χ0v) is 15.8. The standard InChI is InChI=1S/C19H22N2O4S/c1-12(19-20-13(2)18(26-19)8-9-25-21(22)23)14-4-5-16-11-17(24-3)7-6-15(16)10-14/h4-7,10-12,22-23H,8-9H2,1-3H3. The molecule has 1 aromatic heterocycles. The monoisotopic (exact) mass is 374 g/mol. The van der Waals surface area contributed by atoms with Crippen molar-refractivity contribution in [2.75, 3.05) is 13.7 Å².